The monoisotopic (exact) mass is 804 g/mol. The van der Waals surface area contributed by atoms with Crippen molar-refractivity contribution in [2.45, 2.75) is 70.6 Å². The van der Waals surface area contributed by atoms with Crippen molar-refractivity contribution in [3.8, 4) is 17.2 Å². The number of hydrogen-bond donors (Lipinski definition) is 0. The highest BCUT2D eigenvalue weighted by molar-refractivity contribution is 14.1. The molecule has 4 saturated carbocycles. The van der Waals surface area contributed by atoms with Crippen molar-refractivity contribution in [2.75, 3.05) is 0 Å². The third-order valence-electron chi connectivity index (χ3n) is 8.36. The van der Waals surface area contributed by atoms with Gasteiger partial charge in [0, 0.05) is 10.5 Å². The second-order valence-electron chi connectivity index (χ2n) is 11.8. The summed E-state index contributed by atoms with van der Waals surface area (Å²) in [6.45, 7) is 2.02. The highest BCUT2D eigenvalue weighted by Gasteiger charge is 2.66. The molecular formula is C29H27F5I2O5. The molecule has 0 radical (unpaired) electrons. The summed E-state index contributed by atoms with van der Waals surface area (Å²) < 4.78 is 86.0. The molecule has 4 aliphatic rings. The zero-order valence-electron chi connectivity index (χ0n) is 22.1. The normalized spacial score (nSPS) is 27.8. The second kappa shape index (κ2) is 10.8. The van der Waals surface area contributed by atoms with Gasteiger partial charge >= 0.3 is 18.1 Å². The summed E-state index contributed by atoms with van der Waals surface area (Å²) in [5.41, 5.74) is -1.57. The van der Waals surface area contributed by atoms with Crippen molar-refractivity contribution in [1.82, 2.24) is 0 Å². The van der Waals surface area contributed by atoms with Gasteiger partial charge in [-0.15, -0.1) is 0 Å². The number of alkyl halides is 5. The van der Waals surface area contributed by atoms with Crippen molar-refractivity contribution >= 4 is 57.1 Å². The highest BCUT2D eigenvalue weighted by atomic mass is 127. The predicted octanol–water partition coefficient (Wildman–Crippen LogP) is 8.62. The minimum atomic E-state index is -5.43. The van der Waals surface area contributed by atoms with Gasteiger partial charge in [-0.3, -0.25) is 9.59 Å². The second-order valence-corrected chi connectivity index (χ2v) is 14.2. The summed E-state index contributed by atoms with van der Waals surface area (Å²) in [5.74, 6) is -4.91. The molecule has 0 spiro atoms. The lowest BCUT2D eigenvalue weighted by Gasteiger charge is -2.59. The number of carbonyl (C=O) groups is 2. The maximum atomic E-state index is 13.8. The van der Waals surface area contributed by atoms with Crippen LogP contribution in [-0.4, -0.2) is 30.1 Å². The Kier molecular flexibility index (Phi) is 8.08. The molecule has 2 aromatic carbocycles. The third kappa shape index (κ3) is 6.19. The van der Waals surface area contributed by atoms with Crippen LogP contribution in [0, 0.1) is 36.7 Å². The summed E-state index contributed by atoms with van der Waals surface area (Å²) in [4.78, 5) is 26.7. The van der Waals surface area contributed by atoms with Crippen LogP contribution in [0.3, 0.4) is 0 Å². The summed E-state index contributed by atoms with van der Waals surface area (Å²) >= 11 is 4.43. The number of halogens is 7. The molecule has 0 heterocycles. The largest absolute Gasteiger partial charge is 0.456 e. The molecule has 0 amide bonds. The molecule has 4 aliphatic carbocycles. The minimum Gasteiger partial charge on any atom is -0.456 e. The fourth-order valence-electron chi connectivity index (χ4n) is 7.16. The SMILES string of the molecule is Cc1cc(I)cc(I)c1Oc1ccc(OC(=O)C23CC4CC(C2)CC(C(=O)OC(C(C)(F)F)C(F)(F)F)(C4)C3)cc1. The summed E-state index contributed by atoms with van der Waals surface area (Å²) in [6, 6.07) is 10.5. The lowest BCUT2D eigenvalue weighted by atomic mass is 9.44. The quantitative estimate of drug-likeness (QED) is 0.122. The van der Waals surface area contributed by atoms with E-state index in [0.29, 0.717) is 18.6 Å². The molecule has 3 atom stereocenters. The number of carbonyl (C=O) groups excluding carboxylic acids is 2. The van der Waals surface area contributed by atoms with Crippen LogP contribution in [0.1, 0.15) is 51.0 Å². The average Bonchev–Trinajstić information content (AvgIpc) is 2.83. The smallest absolute Gasteiger partial charge is 0.431 e. The molecule has 3 unspecified atom stereocenters. The van der Waals surface area contributed by atoms with Gasteiger partial charge < -0.3 is 14.2 Å². The van der Waals surface area contributed by atoms with Crippen LogP contribution in [0.25, 0.3) is 0 Å². The fraction of sp³-hybridized carbons (Fsp3) is 0.517. The van der Waals surface area contributed by atoms with Crippen LogP contribution in [0.15, 0.2) is 36.4 Å². The maximum absolute atomic E-state index is 13.8. The van der Waals surface area contributed by atoms with Gasteiger partial charge in [-0.25, -0.2) is 8.78 Å². The Hall–Kier alpha value is -1.71. The Morgan fingerprint density at radius 1 is 0.902 bits per heavy atom. The van der Waals surface area contributed by atoms with E-state index in [-0.39, 0.29) is 43.8 Å². The van der Waals surface area contributed by atoms with Crippen LogP contribution in [0.2, 0.25) is 0 Å². The first-order valence-electron chi connectivity index (χ1n) is 13.1. The summed E-state index contributed by atoms with van der Waals surface area (Å²) in [7, 11) is 0. The Bertz CT molecular complexity index is 1300. The van der Waals surface area contributed by atoms with E-state index in [2.05, 4.69) is 49.9 Å². The van der Waals surface area contributed by atoms with Crippen molar-refractivity contribution in [2.24, 2.45) is 22.7 Å². The zero-order valence-corrected chi connectivity index (χ0v) is 26.4. The van der Waals surface area contributed by atoms with Crippen LogP contribution in [0.4, 0.5) is 22.0 Å². The third-order valence-corrected chi connectivity index (χ3v) is 9.78. The van der Waals surface area contributed by atoms with E-state index < -0.39 is 41.0 Å². The standard InChI is InChI=1S/C29H27F5I2O5/c1-15-7-18(35)9-21(36)22(15)39-19-3-5-20(6-4-19)40-24(37)27-10-16-8-17(11-27)13-28(12-16,14-27)25(38)41-23(26(2,30)31)29(32,33)34/h3-7,9,16-17,23H,8,10-14H2,1-2H3. The topological polar surface area (TPSA) is 61.8 Å². The van der Waals surface area contributed by atoms with E-state index in [4.69, 9.17) is 9.47 Å². The number of benzene rings is 2. The molecule has 0 aromatic heterocycles. The Labute approximate surface area is 261 Å². The van der Waals surface area contributed by atoms with E-state index in [1.54, 1.807) is 24.3 Å². The number of hydrogen-bond acceptors (Lipinski definition) is 5. The van der Waals surface area contributed by atoms with Gasteiger partial charge in [-0.05, 0) is 144 Å². The Morgan fingerprint density at radius 3 is 1.95 bits per heavy atom. The number of rotatable bonds is 7. The van der Waals surface area contributed by atoms with E-state index in [9.17, 15) is 31.5 Å². The molecular weight excluding hydrogens is 777 g/mol. The molecule has 2 aromatic rings. The predicted molar refractivity (Wildman–Crippen MR) is 155 cm³/mol. The van der Waals surface area contributed by atoms with Gasteiger partial charge in [0.1, 0.15) is 17.2 Å². The van der Waals surface area contributed by atoms with Gasteiger partial charge in [0.15, 0.2) is 0 Å². The molecule has 5 nitrogen and oxygen atoms in total. The van der Waals surface area contributed by atoms with Crippen molar-refractivity contribution in [3.05, 3.63) is 49.1 Å². The minimum absolute atomic E-state index is 0.0791. The van der Waals surface area contributed by atoms with Crippen molar-refractivity contribution in [1.29, 1.82) is 0 Å². The summed E-state index contributed by atoms with van der Waals surface area (Å²) in [5, 5.41) is 0. The molecule has 0 saturated heterocycles. The number of esters is 2. The van der Waals surface area contributed by atoms with Crippen molar-refractivity contribution < 1.29 is 45.8 Å². The average molecular weight is 804 g/mol. The van der Waals surface area contributed by atoms with Crippen LogP contribution in [0.5, 0.6) is 17.2 Å². The molecule has 222 valence electrons. The zero-order chi connectivity index (χ0) is 30.0. The maximum Gasteiger partial charge on any atom is 0.431 e. The highest BCUT2D eigenvalue weighted by Crippen LogP contribution is 2.66. The molecule has 0 aliphatic heterocycles. The van der Waals surface area contributed by atoms with E-state index >= 15 is 0 Å². The van der Waals surface area contributed by atoms with Gasteiger partial charge in [0.25, 0.3) is 12.0 Å². The van der Waals surface area contributed by atoms with Crippen molar-refractivity contribution in [3.63, 3.8) is 0 Å². The van der Waals surface area contributed by atoms with Crippen LogP contribution < -0.4 is 9.47 Å². The molecule has 4 fully saturated rings. The molecule has 12 heteroatoms. The molecule has 0 N–H and O–H groups in total. The lowest BCUT2D eigenvalue weighted by molar-refractivity contribution is -0.280. The Morgan fingerprint density at radius 2 is 1.44 bits per heavy atom. The van der Waals surface area contributed by atoms with Crippen LogP contribution in [-0.2, 0) is 14.3 Å². The van der Waals surface area contributed by atoms with Gasteiger partial charge in [-0.1, -0.05) is 0 Å². The number of ether oxygens (including phenoxy) is 3. The van der Waals surface area contributed by atoms with Gasteiger partial charge in [-0.2, -0.15) is 13.2 Å². The fourth-order valence-corrected chi connectivity index (χ4v) is 9.40. The first kappa shape index (κ1) is 30.7. The van der Waals surface area contributed by atoms with Gasteiger partial charge in [0.05, 0.1) is 14.4 Å². The molecule has 6 rings (SSSR count). The van der Waals surface area contributed by atoms with E-state index in [1.807, 2.05) is 19.1 Å². The summed E-state index contributed by atoms with van der Waals surface area (Å²) in [6.07, 6.45) is -7.08. The first-order chi connectivity index (χ1) is 19.0. The molecule has 4 bridgehead atoms. The Balaban J connectivity index is 1.32. The van der Waals surface area contributed by atoms with Gasteiger partial charge in [0.2, 0.25) is 0 Å². The lowest BCUT2D eigenvalue weighted by Crippen LogP contribution is -2.60. The van der Waals surface area contributed by atoms with E-state index in [1.165, 1.54) is 0 Å². The first-order valence-corrected chi connectivity index (χ1v) is 15.3. The van der Waals surface area contributed by atoms with E-state index in [0.717, 1.165) is 24.9 Å². The molecule has 41 heavy (non-hydrogen) atoms. The number of aryl methyl sites for hydroxylation is 1. The van der Waals surface area contributed by atoms with Crippen LogP contribution >= 0.6 is 45.2 Å².